The number of alkyl halides is 1. The van der Waals surface area contributed by atoms with Gasteiger partial charge in [-0.15, -0.1) is 34.3 Å². The SMILES string of the molecule is Cc1cc(C(Cl)c2csc3ccccc23)sc1Br. The maximum absolute atomic E-state index is 6.63. The zero-order chi connectivity index (χ0) is 12.7. The molecule has 0 bridgehead atoms. The lowest BCUT2D eigenvalue weighted by molar-refractivity contribution is 1.22. The molecular formula is C14H10BrClS2. The van der Waals surface area contributed by atoms with Gasteiger partial charge < -0.3 is 0 Å². The average molecular weight is 358 g/mol. The highest BCUT2D eigenvalue weighted by Gasteiger charge is 2.18. The summed E-state index contributed by atoms with van der Waals surface area (Å²) in [4.78, 5) is 1.20. The van der Waals surface area contributed by atoms with Gasteiger partial charge in [0, 0.05) is 9.58 Å². The predicted molar refractivity (Wildman–Crippen MR) is 86.3 cm³/mol. The van der Waals surface area contributed by atoms with Gasteiger partial charge in [0.1, 0.15) is 0 Å². The third-order valence-electron chi connectivity index (χ3n) is 2.91. The van der Waals surface area contributed by atoms with Gasteiger partial charge in [-0.05, 0) is 56.9 Å². The van der Waals surface area contributed by atoms with Crippen LogP contribution in [0.4, 0.5) is 0 Å². The summed E-state index contributed by atoms with van der Waals surface area (Å²) in [5.74, 6) is 0. The highest BCUT2D eigenvalue weighted by Crippen LogP contribution is 2.41. The highest BCUT2D eigenvalue weighted by atomic mass is 79.9. The first-order valence-electron chi connectivity index (χ1n) is 5.53. The van der Waals surface area contributed by atoms with Gasteiger partial charge in [-0.1, -0.05) is 18.2 Å². The van der Waals surface area contributed by atoms with Gasteiger partial charge in [0.2, 0.25) is 0 Å². The molecule has 2 heterocycles. The molecule has 0 aliphatic carbocycles. The van der Waals surface area contributed by atoms with Crippen molar-refractivity contribution in [2.75, 3.05) is 0 Å². The van der Waals surface area contributed by atoms with E-state index in [9.17, 15) is 0 Å². The van der Waals surface area contributed by atoms with Gasteiger partial charge in [0.05, 0.1) is 9.16 Å². The van der Waals surface area contributed by atoms with E-state index in [1.54, 1.807) is 22.7 Å². The molecule has 0 saturated carbocycles. The predicted octanol–water partition coefficient (Wildman–Crippen LogP) is 6.36. The van der Waals surface area contributed by atoms with Crippen LogP contribution in [0.25, 0.3) is 10.1 Å². The van der Waals surface area contributed by atoms with Crippen LogP contribution in [0.2, 0.25) is 0 Å². The Labute approximate surface area is 127 Å². The molecule has 0 spiro atoms. The average Bonchev–Trinajstić information content (AvgIpc) is 2.93. The van der Waals surface area contributed by atoms with Gasteiger partial charge in [0.15, 0.2) is 0 Å². The second-order valence-corrected chi connectivity index (χ2v) is 7.90. The van der Waals surface area contributed by atoms with E-state index in [0.717, 1.165) is 0 Å². The van der Waals surface area contributed by atoms with Gasteiger partial charge in [-0.2, -0.15) is 0 Å². The van der Waals surface area contributed by atoms with Crippen LogP contribution >= 0.6 is 50.2 Å². The Morgan fingerprint density at radius 1 is 1.28 bits per heavy atom. The molecule has 0 radical (unpaired) electrons. The third-order valence-corrected chi connectivity index (χ3v) is 6.69. The maximum Gasteiger partial charge on any atom is 0.0942 e. The Hall–Kier alpha value is -0.350. The van der Waals surface area contributed by atoms with Crippen LogP contribution in [-0.2, 0) is 0 Å². The van der Waals surface area contributed by atoms with Crippen LogP contribution < -0.4 is 0 Å². The van der Waals surface area contributed by atoms with Crippen molar-refractivity contribution in [3.8, 4) is 0 Å². The Morgan fingerprint density at radius 2 is 2.06 bits per heavy atom. The fraction of sp³-hybridized carbons (Fsp3) is 0.143. The minimum absolute atomic E-state index is 0.0591. The quantitative estimate of drug-likeness (QED) is 0.468. The van der Waals surface area contributed by atoms with Crippen LogP contribution in [0.1, 0.15) is 21.4 Å². The van der Waals surface area contributed by atoms with E-state index in [1.165, 1.54) is 29.9 Å². The monoisotopic (exact) mass is 356 g/mol. The van der Waals surface area contributed by atoms with Gasteiger partial charge in [-0.3, -0.25) is 0 Å². The van der Waals surface area contributed by atoms with E-state index in [-0.39, 0.29) is 5.38 Å². The normalized spacial score (nSPS) is 13.1. The third kappa shape index (κ3) is 2.14. The minimum Gasteiger partial charge on any atom is -0.143 e. The molecule has 0 aliphatic rings. The molecule has 1 aromatic carbocycles. The molecule has 1 atom stereocenters. The molecule has 4 heteroatoms. The molecule has 0 N–H and O–H groups in total. The first-order chi connectivity index (χ1) is 8.66. The number of hydrogen-bond acceptors (Lipinski definition) is 2. The molecule has 3 rings (SSSR count). The van der Waals surface area contributed by atoms with Crippen LogP contribution in [0, 0.1) is 6.92 Å². The summed E-state index contributed by atoms with van der Waals surface area (Å²) in [7, 11) is 0. The minimum atomic E-state index is -0.0591. The molecule has 92 valence electrons. The van der Waals surface area contributed by atoms with Crippen molar-refractivity contribution >= 4 is 60.3 Å². The zero-order valence-corrected chi connectivity index (χ0v) is 13.6. The number of fused-ring (bicyclic) bond motifs is 1. The first kappa shape index (κ1) is 12.7. The second kappa shape index (κ2) is 4.97. The summed E-state index contributed by atoms with van der Waals surface area (Å²) in [6, 6.07) is 10.6. The number of halogens is 2. The Bertz CT molecular complexity index is 679. The highest BCUT2D eigenvalue weighted by molar-refractivity contribution is 9.11. The van der Waals surface area contributed by atoms with Crippen molar-refractivity contribution in [3.05, 3.63) is 55.5 Å². The van der Waals surface area contributed by atoms with E-state index >= 15 is 0 Å². The second-order valence-electron chi connectivity index (χ2n) is 4.16. The topological polar surface area (TPSA) is 0 Å². The molecule has 18 heavy (non-hydrogen) atoms. The molecule has 0 nitrogen and oxygen atoms in total. The fourth-order valence-corrected chi connectivity index (χ4v) is 4.96. The molecule has 1 unspecified atom stereocenters. The number of aryl methyl sites for hydroxylation is 1. The van der Waals surface area contributed by atoms with E-state index in [0.29, 0.717) is 0 Å². The zero-order valence-electron chi connectivity index (χ0n) is 9.61. The summed E-state index contributed by atoms with van der Waals surface area (Å²) >= 11 is 13.7. The lowest BCUT2D eigenvalue weighted by Gasteiger charge is -2.05. The molecule has 0 saturated heterocycles. The van der Waals surface area contributed by atoms with Crippen molar-refractivity contribution in [1.29, 1.82) is 0 Å². The van der Waals surface area contributed by atoms with Crippen molar-refractivity contribution in [2.24, 2.45) is 0 Å². The number of hydrogen-bond donors (Lipinski definition) is 0. The van der Waals surface area contributed by atoms with E-state index in [4.69, 9.17) is 11.6 Å². The Balaban J connectivity index is 2.09. The van der Waals surface area contributed by atoms with E-state index < -0.39 is 0 Å². The molecule has 0 aliphatic heterocycles. The summed E-state index contributed by atoms with van der Waals surface area (Å²) in [6.45, 7) is 2.10. The van der Waals surface area contributed by atoms with Crippen LogP contribution in [-0.4, -0.2) is 0 Å². The Kier molecular flexibility index (Phi) is 3.50. The summed E-state index contributed by atoms with van der Waals surface area (Å²) < 4.78 is 2.47. The summed E-state index contributed by atoms with van der Waals surface area (Å²) in [6.07, 6.45) is 0. The molecule has 3 aromatic rings. The molecule has 2 aromatic heterocycles. The standard InChI is InChI=1S/C14H10BrClS2/c1-8-6-12(18-14(8)15)13(16)10-7-17-11-5-3-2-4-9(10)11/h2-7,13H,1H3. The number of benzene rings is 1. The van der Waals surface area contributed by atoms with Crippen LogP contribution in [0.5, 0.6) is 0 Å². The smallest absolute Gasteiger partial charge is 0.0942 e. The maximum atomic E-state index is 6.63. The van der Waals surface area contributed by atoms with E-state index in [1.807, 2.05) is 0 Å². The molecule has 0 amide bonds. The van der Waals surface area contributed by atoms with Crippen LogP contribution in [0.3, 0.4) is 0 Å². The van der Waals surface area contributed by atoms with Crippen molar-refractivity contribution in [3.63, 3.8) is 0 Å². The van der Waals surface area contributed by atoms with Crippen LogP contribution in [0.15, 0.2) is 39.5 Å². The molecular weight excluding hydrogens is 348 g/mol. The van der Waals surface area contributed by atoms with E-state index in [2.05, 4.69) is 58.6 Å². The number of rotatable bonds is 2. The van der Waals surface area contributed by atoms with Crippen molar-refractivity contribution < 1.29 is 0 Å². The van der Waals surface area contributed by atoms with Gasteiger partial charge >= 0.3 is 0 Å². The molecule has 0 fully saturated rings. The Morgan fingerprint density at radius 3 is 2.78 bits per heavy atom. The fourth-order valence-electron chi connectivity index (χ4n) is 1.96. The first-order valence-corrected chi connectivity index (χ1v) is 8.45. The van der Waals surface area contributed by atoms with Gasteiger partial charge in [-0.25, -0.2) is 0 Å². The summed E-state index contributed by atoms with van der Waals surface area (Å²) in [5.41, 5.74) is 2.46. The summed E-state index contributed by atoms with van der Waals surface area (Å²) in [5, 5.41) is 3.38. The number of thiophene rings is 2. The van der Waals surface area contributed by atoms with Gasteiger partial charge in [0.25, 0.3) is 0 Å². The lowest BCUT2D eigenvalue weighted by atomic mass is 10.1. The largest absolute Gasteiger partial charge is 0.143 e. The van der Waals surface area contributed by atoms with Crippen molar-refractivity contribution in [2.45, 2.75) is 12.3 Å². The van der Waals surface area contributed by atoms with Crippen molar-refractivity contribution in [1.82, 2.24) is 0 Å². The lowest BCUT2D eigenvalue weighted by Crippen LogP contribution is -1.87.